The second kappa shape index (κ2) is 12.5. The first-order valence-electron chi connectivity index (χ1n) is 13.7. The van der Waals surface area contributed by atoms with Crippen molar-refractivity contribution in [2.24, 2.45) is 7.05 Å². The fourth-order valence-electron chi connectivity index (χ4n) is 4.90. The number of hydrogen-bond donors (Lipinski definition) is 0. The number of carbonyl (C=O) groups is 1. The van der Waals surface area contributed by atoms with Gasteiger partial charge in [0.05, 0.1) is 26.3 Å². The largest absolute Gasteiger partial charge is 0.491 e. The zero-order chi connectivity index (χ0) is 31.5. The third kappa shape index (κ3) is 5.68. The number of fused-ring (bicyclic) bond motifs is 1. The number of carbonyl (C=O) groups excluding carboxylic acids is 1. The van der Waals surface area contributed by atoms with Crippen LogP contribution in [0.1, 0.15) is 28.5 Å². The quantitative estimate of drug-likeness (QED) is 0.174. The highest BCUT2D eigenvalue weighted by atomic mass is 19.1. The smallest absolute Gasteiger partial charge is 0.257 e. The van der Waals surface area contributed by atoms with E-state index in [0.29, 0.717) is 33.6 Å². The third-order valence-corrected chi connectivity index (χ3v) is 7.13. The molecule has 0 radical (unpaired) electrons. The van der Waals surface area contributed by atoms with Gasteiger partial charge < -0.3 is 23.5 Å². The van der Waals surface area contributed by atoms with Crippen molar-refractivity contribution in [1.82, 2.24) is 14.5 Å². The summed E-state index contributed by atoms with van der Waals surface area (Å²) >= 11 is 0. The van der Waals surface area contributed by atoms with Crippen molar-refractivity contribution in [1.29, 1.82) is 0 Å². The lowest BCUT2D eigenvalue weighted by Crippen LogP contribution is -2.25. The number of pyridine rings is 3. The van der Waals surface area contributed by atoms with Crippen LogP contribution in [-0.4, -0.2) is 41.1 Å². The van der Waals surface area contributed by atoms with Gasteiger partial charge >= 0.3 is 0 Å². The number of hydrogen-bond acceptors (Lipinski definition) is 8. The van der Waals surface area contributed by atoms with Gasteiger partial charge in [0.1, 0.15) is 16.9 Å². The van der Waals surface area contributed by atoms with Crippen LogP contribution < -0.4 is 24.4 Å². The lowest BCUT2D eigenvalue weighted by Gasteiger charge is -2.19. The lowest BCUT2D eigenvalue weighted by molar-refractivity contribution is 0.0986. The Bertz CT molecular complexity index is 1940. The molecule has 5 rings (SSSR count). The van der Waals surface area contributed by atoms with Crippen LogP contribution in [0.2, 0.25) is 0 Å². The molecule has 0 aliphatic carbocycles. The van der Waals surface area contributed by atoms with E-state index in [1.165, 1.54) is 62.9 Å². The number of Topliss-reactive ketones (excluding diaryl/α,β-unsaturated/α-hetero) is 1. The molecule has 0 fully saturated rings. The topological polar surface area (TPSA) is 102 Å². The van der Waals surface area contributed by atoms with Crippen molar-refractivity contribution < 1.29 is 32.5 Å². The number of ketones is 1. The van der Waals surface area contributed by atoms with Crippen LogP contribution in [0.5, 0.6) is 29.0 Å². The Morgan fingerprint density at radius 3 is 2.36 bits per heavy atom. The molecule has 0 saturated heterocycles. The van der Waals surface area contributed by atoms with Gasteiger partial charge in [0.2, 0.25) is 11.3 Å². The van der Waals surface area contributed by atoms with E-state index in [1.54, 1.807) is 37.6 Å². The Hall–Kier alpha value is -5.32. The molecule has 0 aliphatic heterocycles. The summed E-state index contributed by atoms with van der Waals surface area (Å²) in [7, 11) is 4.60. The lowest BCUT2D eigenvalue weighted by atomic mass is 9.97. The molecule has 0 atom stereocenters. The molecule has 2 aromatic carbocycles. The number of aromatic nitrogens is 3. The molecule has 0 bridgehead atoms. The summed E-state index contributed by atoms with van der Waals surface area (Å²) in [6.45, 7) is 3.67. The van der Waals surface area contributed by atoms with Gasteiger partial charge in [-0.25, -0.2) is 13.8 Å². The molecule has 226 valence electrons. The highest BCUT2D eigenvalue weighted by molar-refractivity contribution is 6.00. The maximum absolute atomic E-state index is 15.3. The summed E-state index contributed by atoms with van der Waals surface area (Å²) in [5.74, 6) is -0.912. The summed E-state index contributed by atoms with van der Waals surface area (Å²) in [6.07, 6.45) is 1.21. The molecule has 0 aliphatic rings. The number of halogens is 2. The zero-order valence-corrected chi connectivity index (χ0v) is 24.7. The first kappa shape index (κ1) is 30.1. The highest BCUT2D eigenvalue weighted by Gasteiger charge is 2.26. The van der Waals surface area contributed by atoms with Gasteiger partial charge in [-0.3, -0.25) is 14.6 Å². The molecule has 9 nitrogen and oxygen atoms in total. The van der Waals surface area contributed by atoms with Gasteiger partial charge in [0, 0.05) is 43.1 Å². The molecular formula is C33H29F2N3O6. The normalized spacial score (nSPS) is 11.0. The number of rotatable bonds is 10. The first-order chi connectivity index (χ1) is 21.2. The standard InChI is InChI=1S/C33H29F2N3O6/c1-6-43-33-29(31(40)28(18(2)38(33)3)20-8-10-21(34)11-9-20)24(39)16-19-7-12-25(22(35)15-19)44-26-13-14-36-23-17-27(41-4)32(42-5)37-30(23)26/h7-15,17H,6,16H2,1-5H3. The molecule has 11 heteroatoms. The van der Waals surface area contributed by atoms with E-state index in [2.05, 4.69) is 9.97 Å². The molecule has 3 heterocycles. The summed E-state index contributed by atoms with van der Waals surface area (Å²) < 4.78 is 52.7. The monoisotopic (exact) mass is 601 g/mol. The van der Waals surface area contributed by atoms with Gasteiger partial charge in [0.15, 0.2) is 28.8 Å². The number of methoxy groups -OCH3 is 2. The van der Waals surface area contributed by atoms with Crippen molar-refractivity contribution in [3.8, 4) is 40.1 Å². The maximum atomic E-state index is 15.3. The predicted molar refractivity (Wildman–Crippen MR) is 160 cm³/mol. The Balaban J connectivity index is 1.47. The third-order valence-electron chi connectivity index (χ3n) is 7.13. The van der Waals surface area contributed by atoms with Crippen molar-refractivity contribution in [2.75, 3.05) is 20.8 Å². The molecule has 5 aromatic rings. The van der Waals surface area contributed by atoms with Crippen LogP contribution in [0.25, 0.3) is 22.2 Å². The van der Waals surface area contributed by atoms with E-state index in [0.717, 1.165) is 0 Å². The number of nitrogens with zero attached hydrogens (tertiary/aromatic N) is 3. The van der Waals surface area contributed by atoms with Crippen molar-refractivity contribution in [2.45, 2.75) is 20.3 Å². The fraction of sp³-hybridized carbons (Fsp3) is 0.212. The van der Waals surface area contributed by atoms with Crippen LogP contribution in [0.4, 0.5) is 8.78 Å². The molecule has 0 N–H and O–H groups in total. The van der Waals surface area contributed by atoms with E-state index >= 15 is 4.39 Å². The minimum Gasteiger partial charge on any atom is -0.491 e. The molecule has 3 aromatic heterocycles. The van der Waals surface area contributed by atoms with Crippen molar-refractivity contribution >= 4 is 16.8 Å². The summed E-state index contributed by atoms with van der Waals surface area (Å²) in [5, 5.41) is 0. The molecule has 0 unspecified atom stereocenters. The number of benzene rings is 2. The summed E-state index contributed by atoms with van der Waals surface area (Å²) in [4.78, 5) is 36.0. The minimum atomic E-state index is -0.727. The predicted octanol–water partition coefficient (Wildman–Crippen LogP) is 6.22. The molecule has 0 saturated carbocycles. The van der Waals surface area contributed by atoms with Crippen LogP contribution in [-0.2, 0) is 13.5 Å². The van der Waals surface area contributed by atoms with Crippen LogP contribution in [0.3, 0.4) is 0 Å². The highest BCUT2D eigenvalue weighted by Crippen LogP contribution is 2.35. The SMILES string of the molecule is CCOc1c(C(=O)Cc2ccc(Oc3ccnc4cc(OC)c(OC)nc34)c(F)c2)c(=O)c(-c2ccc(F)cc2)c(C)n1C. The Morgan fingerprint density at radius 2 is 1.70 bits per heavy atom. The minimum absolute atomic E-state index is 0.106. The molecule has 0 spiro atoms. The van der Waals surface area contributed by atoms with Crippen LogP contribution in [0.15, 0.2) is 65.6 Å². The van der Waals surface area contributed by atoms with Crippen LogP contribution >= 0.6 is 0 Å². The molecular weight excluding hydrogens is 572 g/mol. The van der Waals surface area contributed by atoms with Crippen molar-refractivity contribution in [3.05, 3.63) is 99.5 Å². The molecule has 44 heavy (non-hydrogen) atoms. The Labute approximate surface area is 251 Å². The van der Waals surface area contributed by atoms with Gasteiger partial charge in [0.25, 0.3) is 5.88 Å². The van der Waals surface area contributed by atoms with Crippen molar-refractivity contribution in [3.63, 3.8) is 0 Å². The zero-order valence-electron chi connectivity index (χ0n) is 24.7. The van der Waals surface area contributed by atoms with E-state index in [-0.39, 0.29) is 47.4 Å². The van der Waals surface area contributed by atoms with E-state index in [9.17, 15) is 14.0 Å². The van der Waals surface area contributed by atoms with E-state index < -0.39 is 22.8 Å². The second-order valence-corrected chi connectivity index (χ2v) is 9.81. The van der Waals surface area contributed by atoms with Crippen LogP contribution in [0, 0.1) is 18.6 Å². The average Bonchev–Trinajstić information content (AvgIpc) is 3.01. The Kier molecular flexibility index (Phi) is 8.57. The van der Waals surface area contributed by atoms with E-state index in [1.807, 2.05) is 0 Å². The van der Waals surface area contributed by atoms with Gasteiger partial charge in [-0.05, 0) is 49.2 Å². The van der Waals surface area contributed by atoms with Gasteiger partial charge in [-0.15, -0.1) is 0 Å². The van der Waals surface area contributed by atoms with E-state index in [4.69, 9.17) is 18.9 Å². The fourth-order valence-corrected chi connectivity index (χ4v) is 4.90. The maximum Gasteiger partial charge on any atom is 0.257 e. The second-order valence-electron chi connectivity index (χ2n) is 9.81. The molecule has 0 amide bonds. The first-order valence-corrected chi connectivity index (χ1v) is 13.7. The Morgan fingerprint density at radius 1 is 0.955 bits per heavy atom. The average molecular weight is 602 g/mol. The number of ether oxygens (including phenoxy) is 4. The van der Waals surface area contributed by atoms with Gasteiger partial charge in [-0.2, -0.15) is 0 Å². The summed E-state index contributed by atoms with van der Waals surface area (Å²) in [6, 6.07) is 12.7. The summed E-state index contributed by atoms with van der Waals surface area (Å²) in [5.41, 5.74) is 1.64. The van der Waals surface area contributed by atoms with Gasteiger partial charge in [-0.1, -0.05) is 18.2 Å².